The fraction of sp³-hybridized carbons (Fsp3) is 0.0625. The number of rotatable bonds is 4. The minimum Gasteiger partial charge on any atom is -0.361 e. The van der Waals surface area contributed by atoms with Gasteiger partial charge in [0, 0.05) is 21.2 Å². The number of nitrogens with one attached hydrogen (secondary N) is 1. The molecule has 3 heteroatoms. The molecule has 0 amide bonds. The molecule has 0 atom stereocenters. The number of hydrogen-bond acceptors (Lipinski definition) is 2. The Kier molecular flexibility index (Phi) is 4.88. The van der Waals surface area contributed by atoms with Gasteiger partial charge < -0.3 is 5.32 Å². The van der Waals surface area contributed by atoms with E-state index in [1.807, 2.05) is 67.7 Å². The largest absolute Gasteiger partial charge is 0.361 e. The van der Waals surface area contributed by atoms with Gasteiger partial charge in [-0.25, -0.2) is 0 Å². The highest BCUT2D eigenvalue weighted by atomic mass is 79.9. The van der Waals surface area contributed by atoms with Crippen LogP contribution in [0.4, 0.5) is 5.69 Å². The van der Waals surface area contributed by atoms with Gasteiger partial charge in [0.15, 0.2) is 0 Å². The molecule has 0 unspecified atom stereocenters. The van der Waals surface area contributed by atoms with Crippen LogP contribution in [0.1, 0.15) is 12.5 Å². The molecule has 0 fully saturated rings. The van der Waals surface area contributed by atoms with Gasteiger partial charge in [0.1, 0.15) is 0 Å². The highest BCUT2D eigenvalue weighted by Crippen LogP contribution is 2.15. The summed E-state index contributed by atoms with van der Waals surface area (Å²) < 4.78 is 1.06. The zero-order valence-corrected chi connectivity index (χ0v) is 13.0. The predicted molar refractivity (Wildman–Crippen MR) is 89.7 cm³/mol. The first kappa shape index (κ1) is 14.0. The molecule has 1 N–H and O–H groups in total. The number of thiocarbonyl (C=S) groups is 1. The molecular formula is C16H14BrNS. The summed E-state index contributed by atoms with van der Waals surface area (Å²) in [5.74, 6) is 0. The van der Waals surface area contributed by atoms with E-state index < -0.39 is 0 Å². The maximum Gasteiger partial charge on any atom is 0.0493 e. The third kappa shape index (κ3) is 4.01. The zero-order valence-electron chi connectivity index (χ0n) is 10.6. The highest BCUT2D eigenvalue weighted by Gasteiger charge is 2.03. The summed E-state index contributed by atoms with van der Waals surface area (Å²) in [6.07, 6.45) is 1.94. The Bertz CT molecular complexity index is 588. The van der Waals surface area contributed by atoms with Gasteiger partial charge in [-0.15, -0.1) is 0 Å². The number of benzene rings is 2. The van der Waals surface area contributed by atoms with E-state index in [9.17, 15) is 0 Å². The van der Waals surface area contributed by atoms with Crippen LogP contribution >= 0.6 is 28.1 Å². The van der Waals surface area contributed by atoms with Crippen LogP contribution in [0.5, 0.6) is 0 Å². The van der Waals surface area contributed by atoms with Gasteiger partial charge in [-0.05, 0) is 42.3 Å². The van der Waals surface area contributed by atoms with E-state index >= 15 is 0 Å². The molecular weight excluding hydrogens is 318 g/mol. The molecule has 0 heterocycles. The van der Waals surface area contributed by atoms with Crippen LogP contribution < -0.4 is 5.32 Å². The van der Waals surface area contributed by atoms with Crippen LogP contribution in [0.2, 0.25) is 0 Å². The lowest BCUT2D eigenvalue weighted by atomic mass is 10.1. The Morgan fingerprint density at radius 1 is 1.05 bits per heavy atom. The van der Waals surface area contributed by atoms with E-state index in [0.717, 1.165) is 26.2 Å². The van der Waals surface area contributed by atoms with Crippen LogP contribution in [0.15, 0.2) is 70.8 Å². The van der Waals surface area contributed by atoms with Crippen molar-refractivity contribution >= 4 is 38.7 Å². The summed E-state index contributed by atoms with van der Waals surface area (Å²) in [4.78, 5) is 0.857. The van der Waals surface area contributed by atoms with Crippen LogP contribution in [-0.2, 0) is 0 Å². The molecule has 0 saturated carbocycles. The standard InChI is InChI=1S/C16H14BrNS/c1-12(11-18-15-5-3-2-4-6-15)16(19)13-7-9-14(17)10-8-13/h2-11,18H,1H3/b12-11+. The third-order valence-electron chi connectivity index (χ3n) is 2.69. The average molecular weight is 332 g/mol. The van der Waals surface area contributed by atoms with Crippen LogP contribution in [-0.4, -0.2) is 4.86 Å². The van der Waals surface area contributed by atoms with Gasteiger partial charge in [-0.2, -0.15) is 0 Å². The van der Waals surface area contributed by atoms with E-state index in [0.29, 0.717) is 0 Å². The molecule has 96 valence electrons. The van der Waals surface area contributed by atoms with E-state index in [1.54, 1.807) is 0 Å². The second-order valence-corrected chi connectivity index (χ2v) is 5.50. The van der Waals surface area contributed by atoms with Crippen molar-refractivity contribution < 1.29 is 0 Å². The van der Waals surface area contributed by atoms with Crippen molar-refractivity contribution in [3.8, 4) is 0 Å². The smallest absolute Gasteiger partial charge is 0.0493 e. The first-order valence-corrected chi connectivity index (χ1v) is 7.15. The number of para-hydroxylation sites is 1. The van der Waals surface area contributed by atoms with Crippen LogP contribution in [0, 0.1) is 0 Å². The van der Waals surface area contributed by atoms with Crippen molar-refractivity contribution in [3.05, 3.63) is 76.4 Å². The summed E-state index contributed by atoms with van der Waals surface area (Å²) in [6, 6.07) is 18.1. The summed E-state index contributed by atoms with van der Waals surface area (Å²) in [5.41, 5.74) is 3.16. The lowest BCUT2D eigenvalue weighted by Gasteiger charge is -2.06. The van der Waals surface area contributed by atoms with Crippen molar-refractivity contribution in [1.29, 1.82) is 0 Å². The van der Waals surface area contributed by atoms with E-state index in [2.05, 4.69) is 21.2 Å². The zero-order chi connectivity index (χ0) is 13.7. The van der Waals surface area contributed by atoms with Gasteiger partial charge in [-0.3, -0.25) is 0 Å². The van der Waals surface area contributed by atoms with Gasteiger partial charge in [0.25, 0.3) is 0 Å². The second kappa shape index (κ2) is 6.64. The van der Waals surface area contributed by atoms with Crippen molar-refractivity contribution in [2.24, 2.45) is 0 Å². The minimum atomic E-state index is 0.857. The van der Waals surface area contributed by atoms with Crippen molar-refractivity contribution in [2.75, 3.05) is 5.32 Å². The first-order valence-electron chi connectivity index (χ1n) is 5.95. The molecule has 1 nitrogen and oxygen atoms in total. The molecule has 0 spiro atoms. The van der Waals surface area contributed by atoms with Crippen LogP contribution in [0.3, 0.4) is 0 Å². The molecule has 19 heavy (non-hydrogen) atoms. The molecule has 0 bridgehead atoms. The van der Waals surface area contributed by atoms with Crippen LogP contribution in [0.25, 0.3) is 0 Å². The molecule has 0 radical (unpaired) electrons. The Balaban J connectivity index is 2.08. The SMILES string of the molecule is C/C(=C\Nc1ccccc1)C(=S)c1ccc(Br)cc1. The monoisotopic (exact) mass is 331 g/mol. The Morgan fingerprint density at radius 3 is 2.32 bits per heavy atom. The molecule has 0 aromatic heterocycles. The second-order valence-electron chi connectivity index (χ2n) is 4.17. The normalized spacial score (nSPS) is 11.2. The molecule has 0 aliphatic carbocycles. The fourth-order valence-corrected chi connectivity index (χ4v) is 2.08. The van der Waals surface area contributed by atoms with Gasteiger partial charge in [-0.1, -0.05) is 58.5 Å². The van der Waals surface area contributed by atoms with Gasteiger partial charge >= 0.3 is 0 Å². The van der Waals surface area contributed by atoms with Crippen molar-refractivity contribution in [3.63, 3.8) is 0 Å². The number of anilines is 1. The summed E-state index contributed by atoms with van der Waals surface area (Å²) in [6.45, 7) is 2.01. The Hall–Kier alpha value is -1.45. The molecule has 0 aliphatic heterocycles. The third-order valence-corrected chi connectivity index (χ3v) is 3.78. The fourth-order valence-electron chi connectivity index (χ4n) is 1.62. The molecule has 2 aromatic carbocycles. The molecule has 2 rings (SSSR count). The molecule has 0 saturated heterocycles. The lowest BCUT2D eigenvalue weighted by Crippen LogP contribution is -2.01. The minimum absolute atomic E-state index is 0.857. The van der Waals surface area contributed by atoms with Gasteiger partial charge in [0.05, 0.1) is 0 Å². The molecule has 0 aliphatic rings. The first-order chi connectivity index (χ1) is 9.16. The van der Waals surface area contributed by atoms with E-state index in [4.69, 9.17) is 12.2 Å². The average Bonchev–Trinajstić information content (AvgIpc) is 2.46. The number of hydrogen-bond donors (Lipinski definition) is 1. The topological polar surface area (TPSA) is 12.0 Å². The van der Waals surface area contributed by atoms with Crippen molar-refractivity contribution in [1.82, 2.24) is 0 Å². The van der Waals surface area contributed by atoms with E-state index in [1.165, 1.54) is 0 Å². The van der Waals surface area contributed by atoms with E-state index in [-0.39, 0.29) is 0 Å². The predicted octanol–water partition coefficient (Wildman–Crippen LogP) is 5.18. The van der Waals surface area contributed by atoms with Gasteiger partial charge in [0.2, 0.25) is 0 Å². The quantitative estimate of drug-likeness (QED) is 0.470. The number of halogens is 1. The molecule has 2 aromatic rings. The Morgan fingerprint density at radius 2 is 1.68 bits per heavy atom. The lowest BCUT2D eigenvalue weighted by molar-refractivity contribution is 1.50. The maximum atomic E-state index is 5.48. The highest BCUT2D eigenvalue weighted by molar-refractivity contribution is 9.10. The number of allylic oxidation sites excluding steroid dienone is 1. The van der Waals surface area contributed by atoms with Crippen molar-refractivity contribution in [2.45, 2.75) is 6.92 Å². The summed E-state index contributed by atoms with van der Waals surface area (Å²) in [5, 5.41) is 3.25. The Labute approximate surface area is 127 Å². The maximum absolute atomic E-state index is 5.48. The summed E-state index contributed by atoms with van der Waals surface area (Å²) in [7, 11) is 0. The summed E-state index contributed by atoms with van der Waals surface area (Å²) >= 11 is 8.90.